The van der Waals surface area contributed by atoms with Crippen molar-refractivity contribution in [3.05, 3.63) is 23.4 Å². The van der Waals surface area contributed by atoms with Crippen LogP contribution in [-0.2, 0) is 6.42 Å². The van der Waals surface area contributed by atoms with Gasteiger partial charge in [-0.3, -0.25) is 4.79 Å². The van der Waals surface area contributed by atoms with E-state index in [0.29, 0.717) is 5.92 Å². The van der Waals surface area contributed by atoms with E-state index in [1.54, 1.807) is 0 Å². The largest absolute Gasteiger partial charge is 0.373 e. The molecule has 1 saturated heterocycles. The van der Waals surface area contributed by atoms with Crippen LogP contribution in [0.1, 0.15) is 49.2 Å². The van der Waals surface area contributed by atoms with E-state index in [1.165, 1.54) is 0 Å². The van der Waals surface area contributed by atoms with Gasteiger partial charge in [-0.25, -0.2) is 4.98 Å². The molecule has 0 aromatic carbocycles. The second-order valence-corrected chi connectivity index (χ2v) is 5.55. The Morgan fingerprint density at radius 2 is 2.25 bits per heavy atom. The van der Waals surface area contributed by atoms with Crippen LogP contribution in [0.4, 0.5) is 5.82 Å². The SMILES string of the molecule is CCCc1cc(C(=O)N2CCC(CC)C2)cc(NC)n1. The zero-order chi connectivity index (χ0) is 14.5. The highest BCUT2D eigenvalue weighted by molar-refractivity contribution is 5.95. The molecule has 1 unspecified atom stereocenters. The standard InChI is InChI=1S/C16H25N3O/c1-4-6-14-9-13(10-15(17-3)18-14)16(20)19-8-7-12(5-2)11-19/h9-10,12H,4-8,11H2,1-3H3,(H,17,18). The number of aromatic nitrogens is 1. The van der Waals surface area contributed by atoms with Crippen molar-refractivity contribution >= 4 is 11.7 Å². The third-order valence-corrected chi connectivity index (χ3v) is 4.04. The number of nitrogens with zero attached hydrogens (tertiary/aromatic N) is 2. The Morgan fingerprint density at radius 3 is 2.85 bits per heavy atom. The fourth-order valence-electron chi connectivity index (χ4n) is 2.76. The lowest BCUT2D eigenvalue weighted by Gasteiger charge is -2.17. The van der Waals surface area contributed by atoms with Crippen LogP contribution in [0, 0.1) is 5.92 Å². The molecule has 110 valence electrons. The van der Waals surface area contributed by atoms with Gasteiger partial charge in [0.05, 0.1) is 0 Å². The number of nitrogens with one attached hydrogen (secondary N) is 1. The Kier molecular flexibility index (Phi) is 4.99. The molecule has 1 amide bonds. The molecule has 2 heterocycles. The van der Waals surface area contributed by atoms with Crippen LogP contribution < -0.4 is 5.32 Å². The average Bonchev–Trinajstić information content (AvgIpc) is 2.95. The number of carbonyl (C=O) groups is 1. The summed E-state index contributed by atoms with van der Waals surface area (Å²) in [5, 5.41) is 3.05. The molecule has 4 heteroatoms. The second kappa shape index (κ2) is 6.73. The first-order chi connectivity index (χ1) is 9.67. The zero-order valence-corrected chi connectivity index (χ0v) is 12.8. The van der Waals surface area contributed by atoms with E-state index in [0.717, 1.165) is 55.8 Å². The first kappa shape index (κ1) is 14.8. The predicted molar refractivity (Wildman–Crippen MR) is 82.1 cm³/mol. The minimum Gasteiger partial charge on any atom is -0.373 e. The number of anilines is 1. The van der Waals surface area contributed by atoms with Crippen molar-refractivity contribution in [3.63, 3.8) is 0 Å². The summed E-state index contributed by atoms with van der Waals surface area (Å²) in [4.78, 5) is 19.1. The number of hydrogen-bond acceptors (Lipinski definition) is 3. The van der Waals surface area contributed by atoms with E-state index in [2.05, 4.69) is 24.1 Å². The first-order valence-electron chi connectivity index (χ1n) is 7.65. The molecule has 0 bridgehead atoms. The van der Waals surface area contributed by atoms with Crippen LogP contribution in [0.3, 0.4) is 0 Å². The molecule has 0 aliphatic carbocycles. The van der Waals surface area contributed by atoms with Crippen LogP contribution in [0.5, 0.6) is 0 Å². The molecular weight excluding hydrogens is 250 g/mol. The Labute approximate surface area is 121 Å². The summed E-state index contributed by atoms with van der Waals surface area (Å²) in [7, 11) is 1.84. The molecule has 20 heavy (non-hydrogen) atoms. The van der Waals surface area contributed by atoms with Gasteiger partial charge in [0.25, 0.3) is 5.91 Å². The normalized spacial score (nSPS) is 18.4. The molecule has 1 aliphatic rings. The van der Waals surface area contributed by atoms with Gasteiger partial charge in [-0.1, -0.05) is 26.7 Å². The summed E-state index contributed by atoms with van der Waals surface area (Å²) in [6, 6.07) is 3.81. The minimum absolute atomic E-state index is 0.150. The van der Waals surface area contributed by atoms with Crippen molar-refractivity contribution in [2.45, 2.75) is 39.5 Å². The highest BCUT2D eigenvalue weighted by Crippen LogP contribution is 2.22. The summed E-state index contributed by atoms with van der Waals surface area (Å²) in [5.41, 5.74) is 1.76. The number of rotatable bonds is 5. The van der Waals surface area contributed by atoms with Crippen LogP contribution in [0.15, 0.2) is 12.1 Å². The molecular formula is C16H25N3O. The van der Waals surface area contributed by atoms with Gasteiger partial charge in [0, 0.05) is 31.4 Å². The Morgan fingerprint density at radius 1 is 1.45 bits per heavy atom. The van der Waals surface area contributed by atoms with E-state index >= 15 is 0 Å². The van der Waals surface area contributed by atoms with Crippen molar-refractivity contribution in [2.75, 3.05) is 25.5 Å². The molecule has 4 nitrogen and oxygen atoms in total. The van der Waals surface area contributed by atoms with Gasteiger partial charge < -0.3 is 10.2 Å². The minimum atomic E-state index is 0.150. The Bertz CT molecular complexity index is 473. The third-order valence-electron chi connectivity index (χ3n) is 4.04. The van der Waals surface area contributed by atoms with Crippen LogP contribution in [-0.4, -0.2) is 35.9 Å². The molecule has 0 radical (unpaired) electrons. The van der Waals surface area contributed by atoms with Crippen molar-refractivity contribution in [2.24, 2.45) is 5.92 Å². The van der Waals surface area contributed by atoms with Gasteiger partial charge in [0.1, 0.15) is 5.82 Å². The molecule has 0 saturated carbocycles. The van der Waals surface area contributed by atoms with Gasteiger partial charge in [0.2, 0.25) is 0 Å². The maximum Gasteiger partial charge on any atom is 0.254 e. The van der Waals surface area contributed by atoms with Gasteiger partial charge in [-0.15, -0.1) is 0 Å². The van der Waals surface area contributed by atoms with E-state index in [1.807, 2.05) is 24.1 Å². The third kappa shape index (κ3) is 3.30. The van der Waals surface area contributed by atoms with E-state index in [4.69, 9.17) is 0 Å². The summed E-state index contributed by atoms with van der Waals surface area (Å²) in [5.74, 6) is 1.60. The number of likely N-dealkylation sites (tertiary alicyclic amines) is 1. The number of aryl methyl sites for hydroxylation is 1. The van der Waals surface area contributed by atoms with Crippen molar-refractivity contribution in [1.82, 2.24) is 9.88 Å². The number of hydrogen-bond donors (Lipinski definition) is 1. The lowest BCUT2D eigenvalue weighted by molar-refractivity contribution is 0.0786. The van der Waals surface area contributed by atoms with E-state index < -0.39 is 0 Å². The quantitative estimate of drug-likeness (QED) is 0.898. The van der Waals surface area contributed by atoms with Crippen LogP contribution in [0.25, 0.3) is 0 Å². The Balaban J connectivity index is 2.18. The van der Waals surface area contributed by atoms with Crippen molar-refractivity contribution in [3.8, 4) is 0 Å². The predicted octanol–water partition coefficient (Wildman–Crippen LogP) is 2.95. The van der Waals surface area contributed by atoms with E-state index in [-0.39, 0.29) is 5.91 Å². The first-order valence-corrected chi connectivity index (χ1v) is 7.65. The number of carbonyl (C=O) groups excluding carboxylic acids is 1. The number of amides is 1. The highest BCUT2D eigenvalue weighted by Gasteiger charge is 2.26. The van der Waals surface area contributed by atoms with Crippen LogP contribution in [0.2, 0.25) is 0 Å². The topological polar surface area (TPSA) is 45.2 Å². The lowest BCUT2D eigenvalue weighted by Crippen LogP contribution is -2.29. The molecule has 1 fully saturated rings. The molecule has 1 aliphatic heterocycles. The fraction of sp³-hybridized carbons (Fsp3) is 0.625. The maximum atomic E-state index is 12.6. The van der Waals surface area contributed by atoms with Crippen molar-refractivity contribution < 1.29 is 4.79 Å². The molecule has 1 aromatic rings. The molecule has 0 spiro atoms. The summed E-state index contributed by atoms with van der Waals surface area (Å²) < 4.78 is 0. The van der Waals surface area contributed by atoms with Crippen molar-refractivity contribution in [1.29, 1.82) is 0 Å². The molecule has 1 N–H and O–H groups in total. The molecule has 2 rings (SSSR count). The number of pyridine rings is 1. The smallest absolute Gasteiger partial charge is 0.254 e. The fourth-order valence-corrected chi connectivity index (χ4v) is 2.76. The highest BCUT2D eigenvalue weighted by atomic mass is 16.2. The maximum absolute atomic E-state index is 12.6. The van der Waals surface area contributed by atoms with Gasteiger partial charge in [0.15, 0.2) is 0 Å². The molecule has 1 aromatic heterocycles. The second-order valence-electron chi connectivity index (χ2n) is 5.55. The Hall–Kier alpha value is -1.58. The zero-order valence-electron chi connectivity index (χ0n) is 12.8. The van der Waals surface area contributed by atoms with Crippen LogP contribution >= 0.6 is 0 Å². The summed E-state index contributed by atoms with van der Waals surface area (Å²) >= 11 is 0. The molecule has 1 atom stereocenters. The summed E-state index contributed by atoms with van der Waals surface area (Å²) in [6.45, 7) is 6.11. The van der Waals surface area contributed by atoms with Gasteiger partial charge >= 0.3 is 0 Å². The summed E-state index contributed by atoms with van der Waals surface area (Å²) in [6.07, 6.45) is 4.24. The van der Waals surface area contributed by atoms with E-state index in [9.17, 15) is 4.79 Å². The van der Waals surface area contributed by atoms with Gasteiger partial charge in [-0.2, -0.15) is 0 Å². The van der Waals surface area contributed by atoms with Gasteiger partial charge in [-0.05, 0) is 30.9 Å². The monoisotopic (exact) mass is 275 g/mol. The lowest BCUT2D eigenvalue weighted by atomic mass is 10.1. The average molecular weight is 275 g/mol.